The molecule has 1 unspecified atom stereocenters. The second kappa shape index (κ2) is 6.74. The van der Waals surface area contributed by atoms with Crippen molar-refractivity contribution >= 4 is 11.9 Å². The van der Waals surface area contributed by atoms with Gasteiger partial charge in [-0.05, 0) is 32.8 Å². The molecule has 0 N–H and O–H groups in total. The van der Waals surface area contributed by atoms with Gasteiger partial charge in [0, 0.05) is 24.8 Å². The van der Waals surface area contributed by atoms with E-state index in [4.69, 9.17) is 4.42 Å². The van der Waals surface area contributed by atoms with Crippen molar-refractivity contribution < 1.29 is 18.7 Å². The quantitative estimate of drug-likeness (QED) is 0.795. The lowest BCUT2D eigenvalue weighted by atomic mass is 10.0. The number of carbonyl (C=O) groups excluding carboxylic acids is 2. The van der Waals surface area contributed by atoms with E-state index in [1.54, 1.807) is 6.07 Å². The van der Waals surface area contributed by atoms with Gasteiger partial charge < -0.3 is 14.1 Å². The number of furan rings is 1. The smallest absolute Gasteiger partial charge is 0.313 e. The van der Waals surface area contributed by atoms with Crippen LogP contribution in [0.15, 0.2) is 16.7 Å². The number of methoxy groups -OCH3 is 1. The first kappa shape index (κ1) is 17.3. The molecule has 0 radical (unpaired) electrons. The van der Waals surface area contributed by atoms with Crippen molar-refractivity contribution in [1.82, 2.24) is 14.7 Å². The molecule has 3 rings (SSSR count). The first-order valence-corrected chi connectivity index (χ1v) is 8.38. The third kappa shape index (κ3) is 3.06. The lowest BCUT2D eigenvalue weighted by molar-refractivity contribution is -0.140. The number of nitrogens with zero attached hydrogens (tertiary/aromatic N) is 3. The zero-order valence-corrected chi connectivity index (χ0v) is 15.0. The van der Waals surface area contributed by atoms with Crippen LogP contribution in [0.4, 0.5) is 0 Å². The summed E-state index contributed by atoms with van der Waals surface area (Å²) < 4.78 is 11.9. The number of rotatable bonds is 4. The van der Waals surface area contributed by atoms with E-state index in [0.717, 1.165) is 29.8 Å². The average Bonchev–Trinajstić information content (AvgIpc) is 3.28. The summed E-state index contributed by atoms with van der Waals surface area (Å²) in [4.78, 5) is 26.5. The molecule has 134 valence electrons. The van der Waals surface area contributed by atoms with Crippen molar-refractivity contribution in [2.24, 2.45) is 7.05 Å². The third-order valence-corrected chi connectivity index (χ3v) is 4.92. The Hall–Kier alpha value is -2.57. The molecule has 7 nitrogen and oxygen atoms in total. The van der Waals surface area contributed by atoms with Crippen LogP contribution in [-0.2, 0) is 23.0 Å². The van der Waals surface area contributed by atoms with Gasteiger partial charge in [0.1, 0.15) is 12.2 Å². The zero-order chi connectivity index (χ0) is 18.1. The molecule has 0 aromatic carbocycles. The van der Waals surface area contributed by atoms with Gasteiger partial charge in [-0.1, -0.05) is 0 Å². The standard InChI is InChI=1S/C18H23N3O4/c1-11-17(12(2)20(3)19-11)14-6-5-8-21(14)18(23)13-7-9-25-15(13)10-16(22)24-4/h7,9,14H,5-6,8,10H2,1-4H3. The summed E-state index contributed by atoms with van der Waals surface area (Å²) in [5, 5.41) is 4.48. The van der Waals surface area contributed by atoms with Gasteiger partial charge >= 0.3 is 5.97 Å². The molecule has 1 aliphatic rings. The van der Waals surface area contributed by atoms with Crippen LogP contribution >= 0.6 is 0 Å². The second-order valence-electron chi connectivity index (χ2n) is 6.38. The van der Waals surface area contributed by atoms with E-state index in [2.05, 4.69) is 9.84 Å². The van der Waals surface area contributed by atoms with Crippen LogP contribution in [0, 0.1) is 13.8 Å². The number of aryl methyl sites for hydroxylation is 2. The fourth-order valence-corrected chi connectivity index (χ4v) is 3.61. The summed E-state index contributed by atoms with van der Waals surface area (Å²) in [7, 11) is 3.23. The molecule has 7 heteroatoms. The summed E-state index contributed by atoms with van der Waals surface area (Å²) in [5.41, 5.74) is 3.57. The number of amides is 1. The molecule has 1 atom stereocenters. The Balaban J connectivity index is 1.89. The van der Waals surface area contributed by atoms with E-state index in [1.165, 1.54) is 13.4 Å². The van der Waals surface area contributed by atoms with Gasteiger partial charge in [0.05, 0.1) is 30.7 Å². The molecular formula is C18H23N3O4. The van der Waals surface area contributed by atoms with Crippen molar-refractivity contribution in [3.05, 3.63) is 40.6 Å². The van der Waals surface area contributed by atoms with Crippen molar-refractivity contribution in [1.29, 1.82) is 0 Å². The van der Waals surface area contributed by atoms with Crippen LogP contribution in [0.5, 0.6) is 0 Å². The van der Waals surface area contributed by atoms with Gasteiger partial charge in [0.25, 0.3) is 5.91 Å². The minimum Gasteiger partial charge on any atom is -0.469 e. The number of hydrogen-bond acceptors (Lipinski definition) is 5. The molecule has 0 bridgehead atoms. The summed E-state index contributed by atoms with van der Waals surface area (Å²) >= 11 is 0. The van der Waals surface area contributed by atoms with Crippen LogP contribution < -0.4 is 0 Å². The highest BCUT2D eigenvalue weighted by Gasteiger charge is 2.35. The molecule has 1 amide bonds. The first-order chi connectivity index (χ1) is 11.9. The average molecular weight is 345 g/mol. The van der Waals surface area contributed by atoms with Crippen LogP contribution in [0.1, 0.15) is 52.0 Å². The maximum Gasteiger partial charge on any atom is 0.313 e. The molecule has 2 aromatic rings. The molecule has 25 heavy (non-hydrogen) atoms. The van der Waals surface area contributed by atoms with Crippen molar-refractivity contribution in [3.63, 3.8) is 0 Å². The highest BCUT2D eigenvalue weighted by atomic mass is 16.5. The van der Waals surface area contributed by atoms with Gasteiger partial charge in [-0.2, -0.15) is 5.10 Å². The molecule has 1 aliphatic heterocycles. The normalized spacial score (nSPS) is 17.1. The predicted molar refractivity (Wildman–Crippen MR) is 90.1 cm³/mol. The zero-order valence-electron chi connectivity index (χ0n) is 15.0. The summed E-state index contributed by atoms with van der Waals surface area (Å²) in [6.07, 6.45) is 3.24. The lowest BCUT2D eigenvalue weighted by Crippen LogP contribution is -2.31. The van der Waals surface area contributed by atoms with Gasteiger partial charge in [-0.15, -0.1) is 0 Å². The lowest BCUT2D eigenvalue weighted by Gasteiger charge is -2.25. The molecular weight excluding hydrogens is 322 g/mol. The van der Waals surface area contributed by atoms with Gasteiger partial charge in [-0.25, -0.2) is 0 Å². The van der Waals surface area contributed by atoms with E-state index >= 15 is 0 Å². The fourth-order valence-electron chi connectivity index (χ4n) is 3.61. The second-order valence-corrected chi connectivity index (χ2v) is 6.38. The monoisotopic (exact) mass is 345 g/mol. The molecule has 2 aromatic heterocycles. The molecule has 1 fully saturated rings. The topological polar surface area (TPSA) is 77.6 Å². The minimum atomic E-state index is -0.430. The summed E-state index contributed by atoms with van der Waals surface area (Å²) in [5.74, 6) is -0.194. The molecule has 3 heterocycles. The molecule has 0 spiro atoms. The Morgan fingerprint density at radius 2 is 2.16 bits per heavy atom. The number of esters is 1. The Morgan fingerprint density at radius 1 is 1.40 bits per heavy atom. The minimum absolute atomic E-state index is 0.00192. The van der Waals surface area contributed by atoms with Gasteiger partial charge in [0.2, 0.25) is 0 Å². The number of likely N-dealkylation sites (tertiary alicyclic amines) is 1. The van der Waals surface area contributed by atoms with Crippen molar-refractivity contribution in [2.45, 2.75) is 39.2 Å². The molecule has 0 saturated carbocycles. The Kier molecular flexibility index (Phi) is 4.65. The van der Waals surface area contributed by atoms with E-state index < -0.39 is 5.97 Å². The Bertz CT molecular complexity index is 805. The highest BCUT2D eigenvalue weighted by Crippen LogP contribution is 2.36. The maximum atomic E-state index is 13.1. The third-order valence-electron chi connectivity index (χ3n) is 4.92. The highest BCUT2D eigenvalue weighted by molar-refractivity contribution is 5.96. The largest absolute Gasteiger partial charge is 0.469 e. The van der Waals surface area contributed by atoms with Crippen LogP contribution in [0.2, 0.25) is 0 Å². The first-order valence-electron chi connectivity index (χ1n) is 8.38. The molecule has 0 aliphatic carbocycles. The van der Waals surface area contributed by atoms with Crippen LogP contribution in [-0.4, -0.2) is 40.2 Å². The number of hydrogen-bond donors (Lipinski definition) is 0. The van der Waals surface area contributed by atoms with Crippen molar-refractivity contribution in [2.75, 3.05) is 13.7 Å². The van der Waals surface area contributed by atoms with E-state index in [-0.39, 0.29) is 18.4 Å². The Labute approximate surface area is 146 Å². The molecule has 1 saturated heterocycles. The summed E-state index contributed by atoms with van der Waals surface area (Å²) in [6, 6.07) is 1.63. The van der Waals surface area contributed by atoms with E-state index in [1.807, 2.05) is 30.5 Å². The van der Waals surface area contributed by atoms with E-state index in [0.29, 0.717) is 17.9 Å². The predicted octanol–water partition coefficient (Wildman–Crippen LogP) is 2.32. The van der Waals surface area contributed by atoms with Gasteiger partial charge in [-0.3, -0.25) is 14.3 Å². The fraction of sp³-hybridized carbons (Fsp3) is 0.500. The van der Waals surface area contributed by atoms with Gasteiger partial charge in [0.15, 0.2) is 0 Å². The number of ether oxygens (including phenoxy) is 1. The van der Waals surface area contributed by atoms with Crippen molar-refractivity contribution in [3.8, 4) is 0 Å². The van der Waals surface area contributed by atoms with Crippen LogP contribution in [0.3, 0.4) is 0 Å². The maximum absolute atomic E-state index is 13.1. The Morgan fingerprint density at radius 3 is 2.80 bits per heavy atom. The van der Waals surface area contributed by atoms with E-state index in [9.17, 15) is 9.59 Å². The summed E-state index contributed by atoms with van der Waals surface area (Å²) in [6.45, 7) is 4.68. The van der Waals surface area contributed by atoms with Crippen LogP contribution in [0.25, 0.3) is 0 Å². The SMILES string of the molecule is COC(=O)Cc1occc1C(=O)N1CCCC1c1c(C)nn(C)c1C. The number of carbonyl (C=O) groups is 2. The number of aromatic nitrogens is 2.